The molecular weight excluding hydrogens is 190 g/mol. The second kappa shape index (κ2) is 2.70. The normalized spacial score (nSPS) is 11.3. The highest BCUT2D eigenvalue weighted by molar-refractivity contribution is 5.78. The van der Waals surface area contributed by atoms with Crippen molar-refractivity contribution < 1.29 is 0 Å². The van der Waals surface area contributed by atoms with Crippen molar-refractivity contribution >= 4 is 16.6 Å². The highest BCUT2D eigenvalue weighted by Gasteiger charge is 2.04. The van der Waals surface area contributed by atoms with Gasteiger partial charge < -0.3 is 4.98 Å². The van der Waals surface area contributed by atoms with Gasteiger partial charge in [-0.05, 0) is 30.7 Å². The van der Waals surface area contributed by atoms with Crippen molar-refractivity contribution in [3.8, 4) is 0 Å². The Morgan fingerprint density at radius 3 is 3.00 bits per heavy atom. The van der Waals surface area contributed by atoms with E-state index in [1.165, 1.54) is 0 Å². The quantitative estimate of drug-likeness (QED) is 0.596. The summed E-state index contributed by atoms with van der Waals surface area (Å²) in [5.41, 5.74) is 3.32. The maximum absolute atomic E-state index is 11.6. The molecule has 0 saturated carbocycles. The van der Waals surface area contributed by atoms with Crippen molar-refractivity contribution in [3.05, 3.63) is 46.4 Å². The van der Waals surface area contributed by atoms with Gasteiger partial charge in [-0.1, -0.05) is 6.07 Å². The molecule has 2 aromatic heterocycles. The van der Waals surface area contributed by atoms with Crippen molar-refractivity contribution in [3.63, 3.8) is 0 Å². The highest BCUT2D eigenvalue weighted by atomic mass is 16.1. The van der Waals surface area contributed by atoms with Gasteiger partial charge in [-0.25, -0.2) is 4.52 Å². The number of hydrogen-bond acceptors (Lipinski definition) is 2. The van der Waals surface area contributed by atoms with Gasteiger partial charge in [-0.2, -0.15) is 5.10 Å². The second-order valence-electron chi connectivity index (χ2n) is 3.60. The zero-order valence-corrected chi connectivity index (χ0v) is 8.19. The average molecular weight is 199 g/mol. The van der Waals surface area contributed by atoms with Gasteiger partial charge in [-0.15, -0.1) is 0 Å². The van der Waals surface area contributed by atoms with E-state index in [2.05, 4.69) is 10.1 Å². The highest BCUT2D eigenvalue weighted by Crippen LogP contribution is 2.12. The summed E-state index contributed by atoms with van der Waals surface area (Å²) in [5.74, 6) is 0. The summed E-state index contributed by atoms with van der Waals surface area (Å²) in [6.45, 7) is 1.99. The van der Waals surface area contributed by atoms with Crippen LogP contribution in [0, 0.1) is 6.92 Å². The van der Waals surface area contributed by atoms with Gasteiger partial charge in [0.25, 0.3) is 5.56 Å². The molecule has 0 radical (unpaired) electrons. The maximum Gasteiger partial charge on any atom is 0.274 e. The first-order valence-electron chi connectivity index (χ1n) is 4.72. The largest absolute Gasteiger partial charge is 0.319 e. The summed E-state index contributed by atoms with van der Waals surface area (Å²) in [6, 6.07) is 7.61. The molecule has 1 N–H and O–H groups in total. The molecule has 0 fully saturated rings. The van der Waals surface area contributed by atoms with E-state index in [9.17, 15) is 4.79 Å². The molecular formula is C11H9N3O. The van der Waals surface area contributed by atoms with Crippen LogP contribution in [0.25, 0.3) is 16.6 Å². The number of aryl methyl sites for hydroxylation is 1. The summed E-state index contributed by atoms with van der Waals surface area (Å²) >= 11 is 0. The van der Waals surface area contributed by atoms with Crippen LogP contribution in [-0.4, -0.2) is 14.6 Å². The van der Waals surface area contributed by atoms with Crippen molar-refractivity contribution in [2.75, 3.05) is 0 Å². The van der Waals surface area contributed by atoms with Crippen LogP contribution in [0.4, 0.5) is 0 Å². The Labute approximate surface area is 85.2 Å². The number of H-pyrrole nitrogens is 1. The Bertz CT molecular complexity index is 708. The lowest BCUT2D eigenvalue weighted by Gasteiger charge is -2.01. The number of benzene rings is 1. The lowest BCUT2D eigenvalue weighted by molar-refractivity contribution is 0.986. The molecule has 15 heavy (non-hydrogen) atoms. The first-order chi connectivity index (χ1) is 7.25. The first-order valence-corrected chi connectivity index (χ1v) is 4.72. The van der Waals surface area contributed by atoms with E-state index >= 15 is 0 Å². The molecule has 2 heterocycles. The smallest absolute Gasteiger partial charge is 0.274 e. The topological polar surface area (TPSA) is 50.2 Å². The van der Waals surface area contributed by atoms with E-state index in [1.54, 1.807) is 16.8 Å². The Morgan fingerprint density at radius 2 is 2.13 bits per heavy atom. The van der Waals surface area contributed by atoms with Crippen molar-refractivity contribution in [1.82, 2.24) is 14.6 Å². The molecule has 4 heteroatoms. The summed E-state index contributed by atoms with van der Waals surface area (Å²) < 4.78 is 1.66. The average Bonchev–Trinajstić information content (AvgIpc) is 2.66. The van der Waals surface area contributed by atoms with Crippen LogP contribution in [0.1, 0.15) is 5.56 Å². The van der Waals surface area contributed by atoms with Crippen LogP contribution in [0.3, 0.4) is 0 Å². The molecule has 1 aromatic carbocycles. The van der Waals surface area contributed by atoms with E-state index in [0.29, 0.717) is 5.52 Å². The number of nitrogens with zero attached hydrogens (tertiary/aromatic N) is 2. The molecule has 0 saturated heterocycles. The third-order valence-electron chi connectivity index (χ3n) is 2.50. The fourth-order valence-electron chi connectivity index (χ4n) is 1.79. The maximum atomic E-state index is 11.6. The van der Waals surface area contributed by atoms with Gasteiger partial charge in [0.1, 0.15) is 5.52 Å². The van der Waals surface area contributed by atoms with E-state index in [-0.39, 0.29) is 5.56 Å². The minimum absolute atomic E-state index is 0.106. The third kappa shape index (κ3) is 1.08. The number of aromatic nitrogens is 3. The predicted octanol–water partition coefficient (Wildman–Crippen LogP) is 1.48. The van der Waals surface area contributed by atoms with Gasteiger partial charge >= 0.3 is 0 Å². The molecule has 0 amide bonds. The Hall–Kier alpha value is -2.10. The van der Waals surface area contributed by atoms with Crippen LogP contribution in [0.15, 0.2) is 35.3 Å². The monoisotopic (exact) mass is 199 g/mol. The van der Waals surface area contributed by atoms with Gasteiger partial charge in [0.05, 0.1) is 17.2 Å². The third-order valence-corrected chi connectivity index (χ3v) is 2.50. The molecule has 3 aromatic rings. The van der Waals surface area contributed by atoms with Crippen LogP contribution in [-0.2, 0) is 0 Å². The van der Waals surface area contributed by atoms with Crippen LogP contribution in [0.5, 0.6) is 0 Å². The molecule has 0 aliphatic rings. The van der Waals surface area contributed by atoms with E-state index in [0.717, 1.165) is 16.6 Å². The molecule has 0 atom stereocenters. The van der Waals surface area contributed by atoms with Crippen molar-refractivity contribution in [1.29, 1.82) is 0 Å². The van der Waals surface area contributed by atoms with Crippen molar-refractivity contribution in [2.24, 2.45) is 0 Å². The van der Waals surface area contributed by atoms with E-state index in [1.807, 2.05) is 25.1 Å². The first kappa shape index (κ1) is 8.23. The molecule has 0 aliphatic heterocycles. The van der Waals surface area contributed by atoms with Crippen LogP contribution in [0.2, 0.25) is 0 Å². The number of hydrogen-bond donors (Lipinski definition) is 1. The fraction of sp³-hybridized carbons (Fsp3) is 0.0909. The molecule has 4 nitrogen and oxygen atoms in total. The summed E-state index contributed by atoms with van der Waals surface area (Å²) in [5, 5.41) is 4.13. The fourth-order valence-corrected chi connectivity index (χ4v) is 1.79. The Morgan fingerprint density at radius 1 is 1.27 bits per heavy atom. The van der Waals surface area contributed by atoms with E-state index < -0.39 is 0 Å². The number of aromatic amines is 1. The minimum Gasteiger partial charge on any atom is -0.319 e. The summed E-state index contributed by atoms with van der Waals surface area (Å²) in [6.07, 6.45) is 1.63. The molecule has 3 rings (SSSR count). The van der Waals surface area contributed by atoms with Crippen LogP contribution < -0.4 is 5.56 Å². The van der Waals surface area contributed by atoms with Gasteiger partial charge in [-0.3, -0.25) is 4.79 Å². The lowest BCUT2D eigenvalue weighted by atomic mass is 10.2. The number of fused-ring (bicyclic) bond motifs is 3. The molecule has 0 spiro atoms. The molecule has 0 bridgehead atoms. The molecule has 0 aliphatic carbocycles. The molecule has 0 unspecified atom stereocenters. The second-order valence-corrected chi connectivity index (χ2v) is 3.60. The van der Waals surface area contributed by atoms with Crippen LogP contribution >= 0.6 is 0 Å². The minimum atomic E-state index is -0.106. The Balaban J connectivity index is 2.66. The number of rotatable bonds is 0. The van der Waals surface area contributed by atoms with Gasteiger partial charge in [0.2, 0.25) is 0 Å². The van der Waals surface area contributed by atoms with Crippen molar-refractivity contribution in [2.45, 2.75) is 6.92 Å². The van der Waals surface area contributed by atoms with Gasteiger partial charge in [0, 0.05) is 0 Å². The SMILES string of the molecule is Cc1ccc2c(c1)[nH]c(=O)c1ccnn12. The lowest BCUT2D eigenvalue weighted by Crippen LogP contribution is -2.10. The zero-order chi connectivity index (χ0) is 10.4. The summed E-state index contributed by atoms with van der Waals surface area (Å²) in [7, 11) is 0. The number of nitrogens with one attached hydrogen (secondary N) is 1. The van der Waals surface area contributed by atoms with Gasteiger partial charge in [0.15, 0.2) is 0 Å². The Kier molecular flexibility index (Phi) is 1.48. The summed E-state index contributed by atoms with van der Waals surface area (Å²) in [4.78, 5) is 14.5. The van der Waals surface area contributed by atoms with E-state index in [4.69, 9.17) is 0 Å². The predicted molar refractivity (Wildman–Crippen MR) is 58.1 cm³/mol. The zero-order valence-electron chi connectivity index (χ0n) is 8.19. The standard InChI is InChI=1S/C11H9N3O/c1-7-2-3-9-8(6-7)13-11(15)10-4-5-12-14(9)10/h2-6H,1H3,(H,13,15). The molecule has 74 valence electrons.